The van der Waals surface area contributed by atoms with Crippen LogP contribution in [0.4, 0.5) is 10.1 Å². The molecule has 110 valence electrons. The van der Waals surface area contributed by atoms with Crippen molar-refractivity contribution in [1.82, 2.24) is 0 Å². The summed E-state index contributed by atoms with van der Waals surface area (Å²) in [5.74, 6) is 0.256. The Hall–Kier alpha value is -1.58. The lowest BCUT2D eigenvalue weighted by Crippen LogP contribution is -2.28. The first-order chi connectivity index (χ1) is 9.47. The molecular formula is C16H23FN2O. The minimum absolute atomic E-state index is 0.0501. The molecule has 4 heteroatoms. The van der Waals surface area contributed by atoms with E-state index in [0.29, 0.717) is 6.04 Å². The van der Waals surface area contributed by atoms with Crippen molar-refractivity contribution < 1.29 is 9.18 Å². The summed E-state index contributed by atoms with van der Waals surface area (Å²) in [7, 11) is 0. The number of nitrogens with one attached hydrogen (secondary N) is 1. The average Bonchev–Trinajstić information content (AvgIpc) is 2.41. The van der Waals surface area contributed by atoms with Gasteiger partial charge in [0.25, 0.3) is 5.91 Å². The van der Waals surface area contributed by atoms with Gasteiger partial charge < -0.3 is 11.1 Å². The van der Waals surface area contributed by atoms with Gasteiger partial charge in [0.2, 0.25) is 0 Å². The monoisotopic (exact) mass is 278 g/mol. The fourth-order valence-electron chi connectivity index (χ4n) is 2.97. The normalized spacial score (nSPS) is 22.8. The van der Waals surface area contributed by atoms with E-state index in [2.05, 4.69) is 19.2 Å². The fourth-order valence-corrected chi connectivity index (χ4v) is 2.97. The summed E-state index contributed by atoms with van der Waals surface area (Å²) >= 11 is 0. The zero-order chi connectivity index (χ0) is 14.7. The first-order valence-electron chi connectivity index (χ1n) is 7.33. The van der Waals surface area contributed by atoms with Gasteiger partial charge in [-0.15, -0.1) is 0 Å². The second kappa shape index (κ2) is 6.25. The topological polar surface area (TPSA) is 55.1 Å². The number of halogens is 1. The molecule has 1 aromatic rings. The molecule has 1 aliphatic carbocycles. The van der Waals surface area contributed by atoms with Crippen molar-refractivity contribution in [2.45, 2.75) is 45.6 Å². The van der Waals surface area contributed by atoms with E-state index in [9.17, 15) is 9.18 Å². The number of rotatable bonds is 4. The summed E-state index contributed by atoms with van der Waals surface area (Å²) in [5.41, 5.74) is 5.88. The molecule has 0 atom stereocenters. The average molecular weight is 278 g/mol. The lowest BCUT2D eigenvalue weighted by Gasteiger charge is -2.31. The van der Waals surface area contributed by atoms with Gasteiger partial charge in [0.05, 0.1) is 5.56 Å². The SMILES string of the molecule is CC(C)C1CCC(Nc2ccc(F)c(C(N)=O)c2)CC1. The molecule has 0 spiro atoms. The molecule has 1 amide bonds. The number of carbonyl (C=O) groups is 1. The first-order valence-corrected chi connectivity index (χ1v) is 7.33. The van der Waals surface area contributed by atoms with E-state index < -0.39 is 11.7 Å². The van der Waals surface area contributed by atoms with Crippen LogP contribution in [0.15, 0.2) is 18.2 Å². The van der Waals surface area contributed by atoms with Crippen LogP contribution in [0.3, 0.4) is 0 Å². The van der Waals surface area contributed by atoms with Gasteiger partial charge in [-0.1, -0.05) is 13.8 Å². The van der Waals surface area contributed by atoms with E-state index >= 15 is 0 Å². The summed E-state index contributed by atoms with van der Waals surface area (Å²) in [5, 5.41) is 3.39. The minimum atomic E-state index is -0.727. The van der Waals surface area contributed by atoms with E-state index in [-0.39, 0.29) is 5.56 Å². The summed E-state index contributed by atoms with van der Waals surface area (Å²) < 4.78 is 13.4. The Morgan fingerprint density at radius 3 is 2.50 bits per heavy atom. The smallest absolute Gasteiger partial charge is 0.251 e. The van der Waals surface area contributed by atoms with Crippen LogP contribution in [0.25, 0.3) is 0 Å². The predicted octanol–water partition coefficient (Wildman–Crippen LogP) is 3.55. The van der Waals surface area contributed by atoms with Crippen molar-refractivity contribution in [2.24, 2.45) is 17.6 Å². The van der Waals surface area contributed by atoms with Gasteiger partial charge in [0, 0.05) is 11.7 Å². The van der Waals surface area contributed by atoms with Gasteiger partial charge in [-0.2, -0.15) is 0 Å². The van der Waals surface area contributed by atoms with Gasteiger partial charge >= 0.3 is 0 Å². The zero-order valence-electron chi connectivity index (χ0n) is 12.2. The highest BCUT2D eigenvalue weighted by Gasteiger charge is 2.23. The highest BCUT2D eigenvalue weighted by atomic mass is 19.1. The van der Waals surface area contributed by atoms with Gasteiger partial charge in [-0.3, -0.25) is 4.79 Å². The Labute approximate surface area is 119 Å². The molecule has 3 N–H and O–H groups in total. The molecule has 0 heterocycles. The first kappa shape index (κ1) is 14.8. The maximum absolute atomic E-state index is 13.4. The Morgan fingerprint density at radius 2 is 1.95 bits per heavy atom. The fraction of sp³-hybridized carbons (Fsp3) is 0.562. The molecule has 0 unspecified atom stereocenters. The van der Waals surface area contributed by atoms with Gasteiger partial charge in [-0.25, -0.2) is 4.39 Å². The van der Waals surface area contributed by atoms with E-state index in [4.69, 9.17) is 5.73 Å². The third kappa shape index (κ3) is 3.50. The summed E-state index contributed by atoms with van der Waals surface area (Å²) in [6.45, 7) is 4.55. The summed E-state index contributed by atoms with van der Waals surface area (Å²) in [4.78, 5) is 11.1. The van der Waals surface area contributed by atoms with Crippen LogP contribution in [0, 0.1) is 17.7 Å². The Kier molecular flexibility index (Phi) is 4.63. The van der Waals surface area contributed by atoms with Crippen LogP contribution in [0.1, 0.15) is 49.9 Å². The number of carbonyl (C=O) groups excluding carboxylic acids is 1. The van der Waals surface area contributed by atoms with Crippen LogP contribution in [0.2, 0.25) is 0 Å². The predicted molar refractivity (Wildman–Crippen MR) is 79.1 cm³/mol. The Bertz CT molecular complexity index is 479. The highest BCUT2D eigenvalue weighted by molar-refractivity contribution is 5.94. The highest BCUT2D eigenvalue weighted by Crippen LogP contribution is 2.31. The zero-order valence-corrected chi connectivity index (χ0v) is 12.2. The second-order valence-electron chi connectivity index (χ2n) is 6.06. The van der Waals surface area contributed by atoms with Gasteiger partial charge in [0.15, 0.2) is 0 Å². The van der Waals surface area contributed by atoms with Crippen molar-refractivity contribution in [1.29, 1.82) is 0 Å². The summed E-state index contributed by atoms with van der Waals surface area (Å²) in [6.07, 6.45) is 4.68. The number of nitrogens with two attached hydrogens (primary N) is 1. The molecular weight excluding hydrogens is 255 g/mol. The molecule has 0 aromatic heterocycles. The van der Waals surface area contributed by atoms with Crippen LogP contribution >= 0.6 is 0 Å². The molecule has 1 saturated carbocycles. The lowest BCUT2D eigenvalue weighted by atomic mass is 9.79. The van der Waals surface area contributed by atoms with Gasteiger partial charge in [-0.05, 0) is 55.7 Å². The molecule has 20 heavy (non-hydrogen) atoms. The van der Waals surface area contributed by atoms with Crippen molar-refractivity contribution in [3.05, 3.63) is 29.6 Å². The Balaban J connectivity index is 1.98. The molecule has 1 fully saturated rings. The molecule has 0 saturated heterocycles. The lowest BCUT2D eigenvalue weighted by molar-refractivity contribution is 0.0996. The molecule has 3 nitrogen and oxygen atoms in total. The molecule has 1 aromatic carbocycles. The second-order valence-corrected chi connectivity index (χ2v) is 6.06. The van der Waals surface area contributed by atoms with E-state index in [1.165, 1.54) is 25.0 Å². The maximum atomic E-state index is 13.4. The van der Waals surface area contributed by atoms with Crippen LogP contribution < -0.4 is 11.1 Å². The van der Waals surface area contributed by atoms with Crippen LogP contribution in [-0.4, -0.2) is 11.9 Å². The largest absolute Gasteiger partial charge is 0.382 e. The quantitative estimate of drug-likeness (QED) is 0.885. The number of anilines is 1. The van der Waals surface area contributed by atoms with Crippen molar-refractivity contribution in [2.75, 3.05) is 5.32 Å². The molecule has 1 aliphatic rings. The van der Waals surface area contributed by atoms with E-state index in [1.54, 1.807) is 6.07 Å². The standard InChI is InChI=1S/C16H23FN2O/c1-10(2)11-3-5-12(6-4-11)19-13-7-8-15(17)14(9-13)16(18)20/h7-12,19H,3-6H2,1-2H3,(H2,18,20). The van der Waals surface area contributed by atoms with Crippen LogP contribution in [-0.2, 0) is 0 Å². The molecule has 2 rings (SSSR count). The van der Waals surface area contributed by atoms with Crippen molar-refractivity contribution in [3.63, 3.8) is 0 Å². The summed E-state index contributed by atoms with van der Waals surface area (Å²) in [6, 6.07) is 4.86. The number of benzene rings is 1. The van der Waals surface area contributed by atoms with E-state index in [0.717, 1.165) is 30.4 Å². The van der Waals surface area contributed by atoms with Crippen molar-refractivity contribution >= 4 is 11.6 Å². The third-order valence-corrected chi connectivity index (χ3v) is 4.32. The Morgan fingerprint density at radius 1 is 1.30 bits per heavy atom. The molecule has 0 radical (unpaired) electrons. The van der Waals surface area contributed by atoms with Crippen molar-refractivity contribution in [3.8, 4) is 0 Å². The number of amides is 1. The third-order valence-electron chi connectivity index (χ3n) is 4.32. The number of primary amides is 1. The van der Waals surface area contributed by atoms with Crippen LogP contribution in [0.5, 0.6) is 0 Å². The number of hydrogen-bond acceptors (Lipinski definition) is 2. The maximum Gasteiger partial charge on any atom is 0.251 e. The number of hydrogen-bond donors (Lipinski definition) is 2. The molecule has 0 bridgehead atoms. The van der Waals surface area contributed by atoms with E-state index in [1.807, 2.05) is 0 Å². The molecule has 0 aliphatic heterocycles. The van der Waals surface area contributed by atoms with Gasteiger partial charge in [0.1, 0.15) is 5.82 Å². The minimum Gasteiger partial charge on any atom is -0.382 e.